The third kappa shape index (κ3) is 4.34. The fourth-order valence-electron chi connectivity index (χ4n) is 4.34. The van der Waals surface area contributed by atoms with Crippen LogP contribution in [-0.2, 0) is 9.53 Å². The Kier molecular flexibility index (Phi) is 7.09. The number of Topliss-reactive ketones (excluding diaryl/α,β-unsaturated/α-hetero) is 1. The van der Waals surface area contributed by atoms with Gasteiger partial charge in [0.05, 0.1) is 52.4 Å². The first-order valence-corrected chi connectivity index (χ1v) is 10.9. The highest BCUT2D eigenvalue weighted by Crippen LogP contribution is 2.45. The number of ketones is 1. The van der Waals surface area contributed by atoms with Crippen LogP contribution in [0.25, 0.3) is 0 Å². The summed E-state index contributed by atoms with van der Waals surface area (Å²) in [5.41, 5.74) is 0.472. The van der Waals surface area contributed by atoms with E-state index in [-0.39, 0.29) is 11.3 Å². The summed E-state index contributed by atoms with van der Waals surface area (Å²) < 4.78 is 27.0. The Balaban J connectivity index is 1.77. The van der Waals surface area contributed by atoms with Crippen LogP contribution in [0.2, 0.25) is 0 Å². The zero-order valence-corrected chi connectivity index (χ0v) is 19.4. The largest absolute Gasteiger partial charge is 0.503 e. The maximum absolute atomic E-state index is 13.3. The van der Waals surface area contributed by atoms with Crippen molar-refractivity contribution in [3.8, 4) is 17.2 Å². The Morgan fingerprint density at radius 1 is 1.09 bits per heavy atom. The zero-order chi connectivity index (χ0) is 24.2. The molecule has 2 aliphatic rings. The number of amides is 1. The fourth-order valence-corrected chi connectivity index (χ4v) is 4.34. The lowest BCUT2D eigenvalue weighted by Crippen LogP contribution is -2.43. The fraction of sp³-hybridized carbons (Fsp3) is 0.417. The smallest absolute Gasteiger partial charge is 0.290 e. The van der Waals surface area contributed by atoms with Crippen molar-refractivity contribution in [1.29, 1.82) is 0 Å². The van der Waals surface area contributed by atoms with Crippen molar-refractivity contribution >= 4 is 11.7 Å². The van der Waals surface area contributed by atoms with Crippen LogP contribution < -0.4 is 14.2 Å². The number of aliphatic hydroxyl groups is 1. The minimum absolute atomic E-state index is 0.0295. The Morgan fingerprint density at radius 3 is 2.32 bits per heavy atom. The maximum atomic E-state index is 13.3. The molecule has 1 unspecified atom stereocenters. The first-order chi connectivity index (χ1) is 16.5. The minimum Gasteiger partial charge on any atom is -0.503 e. The molecule has 1 saturated heterocycles. The molecule has 1 aromatic carbocycles. The lowest BCUT2D eigenvalue weighted by Gasteiger charge is -2.32. The van der Waals surface area contributed by atoms with Crippen LogP contribution in [0, 0.1) is 0 Å². The van der Waals surface area contributed by atoms with Crippen LogP contribution in [0.4, 0.5) is 0 Å². The molecule has 1 aromatic heterocycles. The predicted molar refractivity (Wildman–Crippen MR) is 121 cm³/mol. The van der Waals surface area contributed by atoms with Crippen LogP contribution in [-0.4, -0.2) is 87.3 Å². The summed E-state index contributed by atoms with van der Waals surface area (Å²) in [7, 11) is 4.46. The summed E-state index contributed by atoms with van der Waals surface area (Å²) in [6, 6.07) is 5.55. The number of benzene rings is 1. The average molecular weight is 472 g/mol. The van der Waals surface area contributed by atoms with Gasteiger partial charge in [0.25, 0.3) is 5.91 Å². The molecule has 34 heavy (non-hydrogen) atoms. The maximum Gasteiger partial charge on any atom is 0.290 e. The van der Waals surface area contributed by atoms with Gasteiger partial charge in [0.2, 0.25) is 11.5 Å². The van der Waals surface area contributed by atoms with E-state index in [9.17, 15) is 14.7 Å². The molecular weight excluding hydrogens is 444 g/mol. The van der Waals surface area contributed by atoms with Gasteiger partial charge in [-0.1, -0.05) is 0 Å². The Morgan fingerprint density at radius 2 is 1.76 bits per heavy atom. The second kappa shape index (κ2) is 10.2. The molecule has 4 rings (SSSR count). The second-order valence-corrected chi connectivity index (χ2v) is 7.88. The Hall–Kier alpha value is -3.50. The van der Waals surface area contributed by atoms with Gasteiger partial charge < -0.3 is 33.4 Å². The third-order valence-electron chi connectivity index (χ3n) is 6.06. The molecule has 182 valence electrons. The number of hydrogen-bond acceptors (Lipinski definition) is 9. The van der Waals surface area contributed by atoms with Crippen molar-refractivity contribution in [2.24, 2.45) is 0 Å². The van der Waals surface area contributed by atoms with Crippen molar-refractivity contribution in [3.05, 3.63) is 53.2 Å². The van der Waals surface area contributed by atoms with E-state index >= 15 is 0 Å². The van der Waals surface area contributed by atoms with Crippen molar-refractivity contribution in [3.63, 3.8) is 0 Å². The van der Waals surface area contributed by atoms with Crippen LogP contribution in [0.1, 0.15) is 22.2 Å². The van der Waals surface area contributed by atoms with Crippen LogP contribution >= 0.6 is 0 Å². The Labute approximate surface area is 197 Å². The number of carbonyl (C=O) groups is 2. The highest BCUT2D eigenvalue weighted by Gasteiger charge is 2.45. The van der Waals surface area contributed by atoms with Crippen molar-refractivity contribution < 1.29 is 38.1 Å². The molecule has 2 aliphatic heterocycles. The molecule has 10 nitrogen and oxygen atoms in total. The molecule has 0 bridgehead atoms. The van der Waals surface area contributed by atoms with Gasteiger partial charge in [0, 0.05) is 26.2 Å². The van der Waals surface area contributed by atoms with E-state index < -0.39 is 23.5 Å². The number of furan rings is 1. The van der Waals surface area contributed by atoms with Crippen molar-refractivity contribution in [2.75, 3.05) is 60.7 Å². The second-order valence-electron chi connectivity index (χ2n) is 7.88. The van der Waals surface area contributed by atoms with E-state index in [2.05, 4.69) is 4.90 Å². The normalized spacial score (nSPS) is 19.0. The first-order valence-electron chi connectivity index (χ1n) is 10.9. The average Bonchev–Trinajstić information content (AvgIpc) is 3.49. The summed E-state index contributed by atoms with van der Waals surface area (Å²) in [4.78, 5) is 30.2. The van der Waals surface area contributed by atoms with E-state index in [1.807, 2.05) is 0 Å². The minimum atomic E-state index is -0.875. The van der Waals surface area contributed by atoms with E-state index in [1.54, 1.807) is 18.2 Å². The van der Waals surface area contributed by atoms with Gasteiger partial charge in [-0.25, -0.2) is 0 Å². The van der Waals surface area contributed by atoms with E-state index in [1.165, 1.54) is 38.6 Å². The van der Waals surface area contributed by atoms with Crippen LogP contribution in [0.15, 0.2) is 46.3 Å². The molecule has 0 spiro atoms. The third-order valence-corrected chi connectivity index (χ3v) is 6.06. The molecule has 0 aliphatic carbocycles. The quantitative estimate of drug-likeness (QED) is 0.549. The number of hydrogen-bond donors (Lipinski definition) is 1. The SMILES string of the molecule is COc1cc(C2C(C(=O)c3ccco3)=C(O)C(=O)N2CCN2CCOCC2)cc(OC)c1OC. The number of rotatable bonds is 9. The number of nitrogens with zero attached hydrogens (tertiary/aromatic N) is 2. The van der Waals surface area contributed by atoms with E-state index in [0.717, 1.165) is 13.1 Å². The first kappa shape index (κ1) is 23.7. The monoisotopic (exact) mass is 472 g/mol. The molecule has 0 saturated carbocycles. The highest BCUT2D eigenvalue weighted by molar-refractivity contribution is 6.15. The summed E-state index contributed by atoms with van der Waals surface area (Å²) >= 11 is 0. The zero-order valence-electron chi connectivity index (χ0n) is 19.4. The van der Waals surface area contributed by atoms with Gasteiger partial charge in [-0.05, 0) is 29.8 Å². The number of aliphatic hydroxyl groups excluding tert-OH is 1. The van der Waals surface area contributed by atoms with Crippen LogP contribution in [0.5, 0.6) is 17.2 Å². The van der Waals surface area contributed by atoms with Crippen molar-refractivity contribution in [2.45, 2.75) is 6.04 Å². The molecule has 10 heteroatoms. The van der Waals surface area contributed by atoms with Gasteiger partial charge in [0.1, 0.15) is 0 Å². The number of ether oxygens (including phenoxy) is 4. The Bertz CT molecular complexity index is 1050. The molecule has 2 aromatic rings. The predicted octanol–water partition coefficient (Wildman–Crippen LogP) is 2.22. The topological polar surface area (TPSA) is 111 Å². The van der Waals surface area contributed by atoms with E-state index in [0.29, 0.717) is 49.1 Å². The molecule has 1 N–H and O–H groups in total. The molecule has 1 amide bonds. The van der Waals surface area contributed by atoms with Gasteiger partial charge in [-0.15, -0.1) is 0 Å². The number of methoxy groups -OCH3 is 3. The van der Waals surface area contributed by atoms with Gasteiger partial charge >= 0.3 is 0 Å². The summed E-state index contributed by atoms with van der Waals surface area (Å²) in [6.45, 7) is 3.58. The summed E-state index contributed by atoms with van der Waals surface area (Å²) in [5.74, 6) is -0.637. The molecule has 1 fully saturated rings. The van der Waals surface area contributed by atoms with Crippen LogP contribution in [0.3, 0.4) is 0 Å². The molecule has 1 atom stereocenters. The summed E-state index contributed by atoms with van der Waals surface area (Å²) in [6.07, 6.45) is 1.37. The number of morpholine rings is 1. The van der Waals surface area contributed by atoms with Gasteiger partial charge in [0.15, 0.2) is 23.0 Å². The standard InChI is InChI=1S/C24H28N2O8/c1-30-17-13-15(14-18(31-2)23(17)32-3)20-19(21(27)16-5-4-10-34-16)22(28)24(29)26(20)7-6-25-8-11-33-12-9-25/h4-5,10,13-14,20,28H,6-9,11-12H2,1-3H3. The summed E-state index contributed by atoms with van der Waals surface area (Å²) in [5, 5.41) is 10.8. The molecular formula is C24H28N2O8. The molecule has 3 heterocycles. The highest BCUT2D eigenvalue weighted by atomic mass is 16.5. The van der Waals surface area contributed by atoms with Crippen molar-refractivity contribution in [1.82, 2.24) is 9.80 Å². The van der Waals surface area contributed by atoms with Gasteiger partial charge in [-0.2, -0.15) is 0 Å². The number of carbonyl (C=O) groups excluding carboxylic acids is 2. The van der Waals surface area contributed by atoms with E-state index in [4.69, 9.17) is 23.4 Å². The molecule has 0 radical (unpaired) electrons. The lowest BCUT2D eigenvalue weighted by atomic mass is 9.94. The van der Waals surface area contributed by atoms with Gasteiger partial charge in [-0.3, -0.25) is 14.5 Å². The lowest BCUT2D eigenvalue weighted by molar-refractivity contribution is -0.129.